The average molecular weight is 305 g/mol. The number of nitrogens with zero attached hydrogens (tertiary/aromatic N) is 2. The van der Waals surface area contributed by atoms with Gasteiger partial charge in [0.25, 0.3) is 0 Å². The van der Waals surface area contributed by atoms with Crippen LogP contribution in [-0.4, -0.2) is 29.7 Å². The van der Waals surface area contributed by atoms with Crippen LogP contribution in [0, 0.1) is 13.8 Å². The van der Waals surface area contributed by atoms with Crippen LogP contribution in [0.3, 0.4) is 0 Å². The van der Waals surface area contributed by atoms with Crippen LogP contribution in [0.15, 0.2) is 29.3 Å². The van der Waals surface area contributed by atoms with Crippen molar-refractivity contribution in [2.45, 2.75) is 24.9 Å². The van der Waals surface area contributed by atoms with Gasteiger partial charge in [0.05, 0.1) is 17.8 Å². The van der Waals surface area contributed by atoms with Crippen LogP contribution in [0.5, 0.6) is 5.75 Å². The van der Waals surface area contributed by atoms with Gasteiger partial charge in [-0.25, -0.2) is 0 Å². The van der Waals surface area contributed by atoms with Crippen LogP contribution < -0.4 is 10.1 Å². The van der Waals surface area contributed by atoms with Crippen molar-refractivity contribution in [2.75, 3.05) is 19.9 Å². The second-order valence-corrected chi connectivity index (χ2v) is 6.19. The van der Waals surface area contributed by atoms with Crippen LogP contribution in [0.2, 0.25) is 0 Å². The van der Waals surface area contributed by atoms with Crippen LogP contribution in [0.25, 0.3) is 0 Å². The Morgan fingerprint density at radius 2 is 2.10 bits per heavy atom. The molecule has 1 unspecified atom stereocenters. The van der Waals surface area contributed by atoms with Crippen LogP contribution >= 0.6 is 11.8 Å². The Kier molecular flexibility index (Phi) is 5.31. The molecule has 4 nitrogen and oxygen atoms in total. The van der Waals surface area contributed by atoms with E-state index in [4.69, 9.17) is 4.74 Å². The molecule has 21 heavy (non-hydrogen) atoms. The molecule has 2 rings (SSSR count). The van der Waals surface area contributed by atoms with E-state index in [0.29, 0.717) is 0 Å². The minimum Gasteiger partial charge on any atom is -0.496 e. The number of ether oxygens (including phenoxy) is 1. The van der Waals surface area contributed by atoms with Gasteiger partial charge in [-0.3, -0.25) is 4.68 Å². The summed E-state index contributed by atoms with van der Waals surface area (Å²) in [6.07, 6.45) is 0. The van der Waals surface area contributed by atoms with Gasteiger partial charge in [-0.1, -0.05) is 17.7 Å². The van der Waals surface area contributed by atoms with Crippen molar-refractivity contribution in [3.05, 3.63) is 41.1 Å². The Balaban J connectivity index is 2.16. The lowest BCUT2D eigenvalue weighted by atomic mass is 10.0. The lowest BCUT2D eigenvalue weighted by Crippen LogP contribution is -2.19. The van der Waals surface area contributed by atoms with Crippen molar-refractivity contribution in [3.63, 3.8) is 0 Å². The predicted molar refractivity (Wildman–Crippen MR) is 88.2 cm³/mol. The normalized spacial score (nSPS) is 12.4. The first kappa shape index (κ1) is 15.9. The van der Waals surface area contributed by atoms with Crippen molar-refractivity contribution in [1.82, 2.24) is 15.1 Å². The summed E-state index contributed by atoms with van der Waals surface area (Å²) in [6, 6.07) is 8.65. The monoisotopic (exact) mass is 305 g/mol. The van der Waals surface area contributed by atoms with E-state index in [1.165, 1.54) is 16.2 Å². The molecule has 0 saturated carbocycles. The fourth-order valence-electron chi connectivity index (χ4n) is 2.35. The molecule has 0 saturated heterocycles. The molecule has 0 radical (unpaired) electrons. The second kappa shape index (κ2) is 7.00. The van der Waals surface area contributed by atoms with E-state index < -0.39 is 0 Å². The van der Waals surface area contributed by atoms with Gasteiger partial charge >= 0.3 is 0 Å². The van der Waals surface area contributed by atoms with E-state index in [1.807, 2.05) is 31.8 Å². The van der Waals surface area contributed by atoms with Crippen molar-refractivity contribution in [3.8, 4) is 5.75 Å². The summed E-state index contributed by atoms with van der Waals surface area (Å²) in [5, 5.41) is 8.95. The maximum absolute atomic E-state index is 5.50. The molecule has 1 aromatic carbocycles. The summed E-state index contributed by atoms with van der Waals surface area (Å²) >= 11 is 1.80. The fourth-order valence-corrected chi connectivity index (χ4v) is 3.51. The highest BCUT2D eigenvalue weighted by molar-refractivity contribution is 7.99. The van der Waals surface area contributed by atoms with Gasteiger partial charge in [0.15, 0.2) is 0 Å². The zero-order valence-electron chi connectivity index (χ0n) is 13.3. The lowest BCUT2D eigenvalue weighted by Gasteiger charge is -2.19. The minimum atomic E-state index is 0.236. The fraction of sp³-hybridized carbons (Fsp3) is 0.438. The molecule has 1 heterocycles. The van der Waals surface area contributed by atoms with Crippen LogP contribution in [-0.2, 0) is 7.05 Å². The highest BCUT2D eigenvalue weighted by Gasteiger charge is 2.16. The predicted octanol–water partition coefficient (Wildman–Crippen LogP) is 3.10. The van der Waals surface area contributed by atoms with Crippen molar-refractivity contribution in [2.24, 2.45) is 7.05 Å². The molecule has 0 aliphatic heterocycles. The zero-order valence-corrected chi connectivity index (χ0v) is 14.1. The number of rotatable bonds is 6. The zero-order chi connectivity index (χ0) is 15.4. The maximum Gasteiger partial charge on any atom is 0.123 e. The minimum absolute atomic E-state index is 0.236. The molecule has 114 valence electrons. The van der Waals surface area contributed by atoms with E-state index in [0.717, 1.165) is 17.2 Å². The number of aryl methyl sites for hydroxylation is 3. The quantitative estimate of drug-likeness (QED) is 0.832. The van der Waals surface area contributed by atoms with Crippen LogP contribution in [0.4, 0.5) is 0 Å². The van der Waals surface area contributed by atoms with E-state index in [9.17, 15) is 0 Å². The third kappa shape index (κ3) is 3.80. The molecule has 1 atom stereocenters. The van der Waals surface area contributed by atoms with Crippen LogP contribution in [0.1, 0.15) is 22.9 Å². The Morgan fingerprint density at radius 3 is 2.67 bits per heavy atom. The Hall–Kier alpha value is -1.46. The molecule has 0 fully saturated rings. The Labute approximate surface area is 130 Å². The first-order chi connectivity index (χ1) is 10.0. The highest BCUT2D eigenvalue weighted by Crippen LogP contribution is 2.30. The van der Waals surface area contributed by atoms with Crippen molar-refractivity contribution in [1.29, 1.82) is 0 Å². The number of aromatic nitrogens is 2. The number of hydrogen-bond acceptors (Lipinski definition) is 4. The van der Waals surface area contributed by atoms with Gasteiger partial charge in [-0.15, -0.1) is 11.8 Å². The van der Waals surface area contributed by atoms with Gasteiger partial charge in [0.2, 0.25) is 0 Å². The average Bonchev–Trinajstić information content (AvgIpc) is 2.78. The van der Waals surface area contributed by atoms with E-state index in [2.05, 4.69) is 35.5 Å². The van der Waals surface area contributed by atoms with Gasteiger partial charge in [0.1, 0.15) is 5.75 Å². The Morgan fingerprint density at radius 1 is 1.33 bits per heavy atom. The van der Waals surface area contributed by atoms with E-state index >= 15 is 0 Å². The van der Waals surface area contributed by atoms with Gasteiger partial charge in [-0.05, 0) is 33.0 Å². The summed E-state index contributed by atoms with van der Waals surface area (Å²) in [5.41, 5.74) is 3.49. The molecular formula is C16H23N3OS. The topological polar surface area (TPSA) is 39.1 Å². The van der Waals surface area contributed by atoms with Gasteiger partial charge < -0.3 is 10.1 Å². The van der Waals surface area contributed by atoms with E-state index in [-0.39, 0.29) is 6.04 Å². The SMILES string of the molecule is CNC(CSc1cc(C)nn1C)c1cc(C)ccc1OC. The maximum atomic E-state index is 5.50. The third-order valence-electron chi connectivity index (χ3n) is 3.47. The molecule has 0 bridgehead atoms. The molecule has 0 spiro atoms. The standard InChI is InChI=1S/C16H23N3OS/c1-11-6-7-15(20-5)13(8-11)14(17-3)10-21-16-9-12(2)18-19(16)4/h6-9,14,17H,10H2,1-5H3. The largest absolute Gasteiger partial charge is 0.496 e. The van der Waals surface area contributed by atoms with Crippen molar-refractivity contribution < 1.29 is 4.74 Å². The summed E-state index contributed by atoms with van der Waals surface area (Å²) in [7, 11) is 5.69. The number of nitrogens with one attached hydrogen (secondary N) is 1. The first-order valence-corrected chi connectivity index (χ1v) is 7.99. The third-order valence-corrected chi connectivity index (χ3v) is 4.64. The molecule has 0 amide bonds. The highest BCUT2D eigenvalue weighted by atomic mass is 32.2. The summed E-state index contributed by atoms with van der Waals surface area (Å²) < 4.78 is 7.43. The second-order valence-electron chi connectivity index (χ2n) is 5.15. The summed E-state index contributed by atoms with van der Waals surface area (Å²) in [5.74, 6) is 1.86. The summed E-state index contributed by atoms with van der Waals surface area (Å²) in [6.45, 7) is 4.12. The smallest absolute Gasteiger partial charge is 0.123 e. The molecule has 2 aromatic rings. The summed E-state index contributed by atoms with van der Waals surface area (Å²) in [4.78, 5) is 0. The van der Waals surface area contributed by atoms with Crippen molar-refractivity contribution >= 4 is 11.8 Å². The van der Waals surface area contributed by atoms with Gasteiger partial charge in [-0.2, -0.15) is 5.10 Å². The Bertz CT molecular complexity index is 610. The molecule has 1 aromatic heterocycles. The molecular weight excluding hydrogens is 282 g/mol. The lowest BCUT2D eigenvalue weighted by molar-refractivity contribution is 0.404. The molecule has 1 N–H and O–H groups in total. The van der Waals surface area contributed by atoms with E-state index in [1.54, 1.807) is 18.9 Å². The number of benzene rings is 1. The van der Waals surface area contributed by atoms with Gasteiger partial charge in [0, 0.05) is 24.4 Å². The molecule has 0 aliphatic rings. The molecule has 5 heteroatoms. The molecule has 0 aliphatic carbocycles. The first-order valence-electron chi connectivity index (χ1n) is 7.00. The number of methoxy groups -OCH3 is 1. The number of hydrogen-bond donors (Lipinski definition) is 1. The number of thioether (sulfide) groups is 1.